The van der Waals surface area contributed by atoms with Crippen LogP contribution in [0.5, 0.6) is 0 Å². The van der Waals surface area contributed by atoms with Crippen LogP contribution in [-0.2, 0) is 0 Å². The molecule has 0 saturated carbocycles. The van der Waals surface area contributed by atoms with Gasteiger partial charge in [-0.25, -0.2) is 9.37 Å². The molecule has 2 N–H and O–H groups in total. The zero-order valence-electron chi connectivity index (χ0n) is 7.80. The van der Waals surface area contributed by atoms with Gasteiger partial charge in [-0.2, -0.15) is 0 Å². The van der Waals surface area contributed by atoms with E-state index < -0.39 is 11.9 Å². The van der Waals surface area contributed by atoms with Crippen molar-refractivity contribution in [3.63, 3.8) is 0 Å². The number of rotatable bonds is 4. The second kappa shape index (κ2) is 5.12. The second-order valence-corrected chi connectivity index (χ2v) is 3.36. The zero-order chi connectivity index (χ0) is 10.6. The van der Waals surface area contributed by atoms with Gasteiger partial charge in [-0.3, -0.25) is 0 Å². The molecule has 3 nitrogen and oxygen atoms in total. The number of nitrogens with zero attached hydrogens (tertiary/aromatic N) is 1. The number of nitrogens with one attached hydrogen (secondary N) is 1. The van der Waals surface area contributed by atoms with E-state index in [1.54, 1.807) is 0 Å². The van der Waals surface area contributed by atoms with E-state index in [4.69, 9.17) is 11.6 Å². The number of hydrogen-bond acceptors (Lipinski definition) is 3. The van der Waals surface area contributed by atoms with Crippen LogP contribution in [0.15, 0.2) is 12.3 Å². The van der Waals surface area contributed by atoms with E-state index in [1.807, 2.05) is 6.92 Å². The Morgan fingerprint density at radius 3 is 3.00 bits per heavy atom. The van der Waals surface area contributed by atoms with Crippen LogP contribution in [0.2, 0.25) is 5.02 Å². The van der Waals surface area contributed by atoms with E-state index in [-0.39, 0.29) is 17.4 Å². The molecule has 0 aromatic carbocycles. The summed E-state index contributed by atoms with van der Waals surface area (Å²) in [5, 5.41) is 12.2. The first-order chi connectivity index (χ1) is 6.63. The van der Waals surface area contributed by atoms with Crippen LogP contribution in [0.4, 0.5) is 10.2 Å². The normalized spacial score (nSPS) is 12.6. The number of aromatic nitrogens is 1. The first-order valence-corrected chi connectivity index (χ1v) is 4.74. The molecule has 0 spiro atoms. The van der Waals surface area contributed by atoms with Gasteiger partial charge < -0.3 is 10.4 Å². The van der Waals surface area contributed by atoms with E-state index in [2.05, 4.69) is 10.3 Å². The lowest BCUT2D eigenvalue weighted by Gasteiger charge is -2.10. The Morgan fingerprint density at radius 1 is 1.71 bits per heavy atom. The van der Waals surface area contributed by atoms with Gasteiger partial charge in [0.1, 0.15) is 0 Å². The van der Waals surface area contributed by atoms with E-state index in [0.29, 0.717) is 6.42 Å². The van der Waals surface area contributed by atoms with Crippen molar-refractivity contribution in [1.82, 2.24) is 4.98 Å². The molecule has 1 aromatic heterocycles. The first-order valence-electron chi connectivity index (χ1n) is 4.36. The molecular weight excluding hydrogens is 207 g/mol. The summed E-state index contributed by atoms with van der Waals surface area (Å²) < 4.78 is 13.1. The van der Waals surface area contributed by atoms with Gasteiger partial charge >= 0.3 is 0 Å². The van der Waals surface area contributed by atoms with Crippen LogP contribution < -0.4 is 5.32 Å². The Morgan fingerprint density at radius 2 is 2.43 bits per heavy atom. The largest absolute Gasteiger partial charge is 0.391 e. The van der Waals surface area contributed by atoms with Crippen molar-refractivity contribution in [3.05, 3.63) is 23.1 Å². The van der Waals surface area contributed by atoms with E-state index >= 15 is 0 Å². The number of hydrogen-bond donors (Lipinski definition) is 2. The van der Waals surface area contributed by atoms with Crippen LogP contribution in [0.1, 0.15) is 13.3 Å². The molecule has 78 valence electrons. The summed E-state index contributed by atoms with van der Waals surface area (Å²) in [5.74, 6) is -0.400. The third kappa shape index (κ3) is 3.12. The SMILES string of the molecule is CCC(O)CNc1ncc(Cl)cc1F. The van der Waals surface area contributed by atoms with Crippen molar-refractivity contribution < 1.29 is 9.50 Å². The minimum absolute atomic E-state index is 0.113. The van der Waals surface area contributed by atoms with Gasteiger partial charge in [0.05, 0.1) is 11.1 Å². The number of pyridine rings is 1. The fraction of sp³-hybridized carbons (Fsp3) is 0.444. The number of anilines is 1. The van der Waals surface area contributed by atoms with Gasteiger partial charge in [0.25, 0.3) is 0 Å². The van der Waals surface area contributed by atoms with Gasteiger partial charge in [-0.1, -0.05) is 18.5 Å². The highest BCUT2D eigenvalue weighted by atomic mass is 35.5. The van der Waals surface area contributed by atoms with Crippen molar-refractivity contribution in [2.45, 2.75) is 19.4 Å². The summed E-state index contributed by atoms with van der Waals surface area (Å²) in [5.41, 5.74) is 0. The maximum atomic E-state index is 13.1. The second-order valence-electron chi connectivity index (χ2n) is 2.93. The molecule has 1 rings (SSSR count). The minimum atomic E-state index is -0.513. The summed E-state index contributed by atoms with van der Waals surface area (Å²) in [6.45, 7) is 2.13. The Hall–Kier alpha value is -0.870. The Kier molecular flexibility index (Phi) is 4.10. The van der Waals surface area contributed by atoms with Crippen LogP contribution in [-0.4, -0.2) is 22.7 Å². The lowest BCUT2D eigenvalue weighted by atomic mass is 10.3. The van der Waals surface area contributed by atoms with Crippen molar-refractivity contribution in [2.75, 3.05) is 11.9 Å². The fourth-order valence-corrected chi connectivity index (χ4v) is 1.05. The Bertz CT molecular complexity index is 309. The molecule has 5 heteroatoms. The third-order valence-corrected chi connectivity index (χ3v) is 1.99. The molecule has 0 aliphatic carbocycles. The molecule has 0 fully saturated rings. The highest BCUT2D eigenvalue weighted by Gasteiger charge is 2.06. The fourth-order valence-electron chi connectivity index (χ4n) is 0.903. The maximum Gasteiger partial charge on any atom is 0.166 e. The number of aliphatic hydroxyl groups excluding tert-OH is 1. The Labute approximate surface area is 86.9 Å². The molecule has 0 saturated heterocycles. The third-order valence-electron chi connectivity index (χ3n) is 1.78. The molecule has 1 atom stereocenters. The summed E-state index contributed by atoms with van der Waals surface area (Å²) in [6, 6.07) is 1.18. The van der Waals surface area contributed by atoms with E-state index in [0.717, 1.165) is 0 Å². The van der Waals surface area contributed by atoms with Crippen molar-refractivity contribution in [3.8, 4) is 0 Å². The standard InChI is InChI=1S/C9H12ClFN2O/c1-2-7(14)5-13-9-8(11)3-6(10)4-12-9/h3-4,7,14H,2,5H2,1H3,(H,12,13). The predicted molar refractivity (Wildman–Crippen MR) is 54.0 cm³/mol. The van der Waals surface area contributed by atoms with Gasteiger partial charge in [0.2, 0.25) is 0 Å². The Balaban J connectivity index is 2.59. The van der Waals surface area contributed by atoms with E-state index in [1.165, 1.54) is 12.3 Å². The average Bonchev–Trinajstić information content (AvgIpc) is 2.16. The highest BCUT2D eigenvalue weighted by molar-refractivity contribution is 6.30. The summed E-state index contributed by atoms with van der Waals surface area (Å²) in [4.78, 5) is 3.75. The maximum absolute atomic E-state index is 13.1. The first kappa shape index (κ1) is 11.2. The number of halogens is 2. The molecule has 0 aliphatic heterocycles. The van der Waals surface area contributed by atoms with Crippen LogP contribution in [0.3, 0.4) is 0 Å². The van der Waals surface area contributed by atoms with Gasteiger partial charge in [-0.15, -0.1) is 0 Å². The molecule has 0 radical (unpaired) electrons. The molecule has 1 aromatic rings. The molecule has 0 bridgehead atoms. The number of aliphatic hydroxyl groups is 1. The smallest absolute Gasteiger partial charge is 0.166 e. The van der Waals surface area contributed by atoms with Crippen molar-refractivity contribution >= 4 is 17.4 Å². The lowest BCUT2D eigenvalue weighted by Crippen LogP contribution is -2.19. The summed E-state index contributed by atoms with van der Waals surface area (Å²) in [7, 11) is 0. The van der Waals surface area contributed by atoms with Crippen LogP contribution in [0, 0.1) is 5.82 Å². The summed E-state index contributed by atoms with van der Waals surface area (Å²) >= 11 is 5.53. The molecule has 14 heavy (non-hydrogen) atoms. The lowest BCUT2D eigenvalue weighted by molar-refractivity contribution is 0.183. The predicted octanol–water partition coefficient (Wildman–Crippen LogP) is 2.06. The molecule has 1 unspecified atom stereocenters. The zero-order valence-corrected chi connectivity index (χ0v) is 8.55. The van der Waals surface area contributed by atoms with Gasteiger partial charge in [0.15, 0.2) is 11.6 Å². The quantitative estimate of drug-likeness (QED) is 0.813. The van der Waals surface area contributed by atoms with Gasteiger partial charge in [0, 0.05) is 12.7 Å². The monoisotopic (exact) mass is 218 g/mol. The molecular formula is C9H12ClFN2O. The highest BCUT2D eigenvalue weighted by Crippen LogP contribution is 2.15. The van der Waals surface area contributed by atoms with Crippen molar-refractivity contribution in [2.24, 2.45) is 0 Å². The van der Waals surface area contributed by atoms with Crippen LogP contribution >= 0.6 is 11.6 Å². The molecule has 0 amide bonds. The van der Waals surface area contributed by atoms with Crippen molar-refractivity contribution in [1.29, 1.82) is 0 Å². The van der Waals surface area contributed by atoms with Gasteiger partial charge in [-0.05, 0) is 12.5 Å². The summed E-state index contributed by atoms with van der Waals surface area (Å²) in [6.07, 6.45) is 1.47. The molecule has 1 heterocycles. The average molecular weight is 219 g/mol. The van der Waals surface area contributed by atoms with Crippen LogP contribution in [0.25, 0.3) is 0 Å². The topological polar surface area (TPSA) is 45.1 Å². The van der Waals surface area contributed by atoms with E-state index in [9.17, 15) is 9.50 Å². The minimum Gasteiger partial charge on any atom is -0.391 e. The molecule has 0 aliphatic rings.